The summed E-state index contributed by atoms with van der Waals surface area (Å²) in [4.78, 5) is 11.0. The molecule has 1 aliphatic rings. The lowest BCUT2D eigenvalue weighted by Gasteiger charge is -2.11. The number of carbonyl (C=O) groups excluding carboxylic acids is 1. The van der Waals surface area contributed by atoms with Gasteiger partial charge in [-0.25, -0.2) is 0 Å². The van der Waals surface area contributed by atoms with Gasteiger partial charge in [0.1, 0.15) is 0 Å². The Bertz CT molecular complexity index is 615. The maximum absolute atomic E-state index is 11.0. The van der Waals surface area contributed by atoms with Gasteiger partial charge in [-0.3, -0.25) is 4.79 Å². The lowest BCUT2D eigenvalue weighted by atomic mass is 10.0. The molecule has 0 unspecified atom stereocenters. The molecule has 0 aliphatic heterocycles. The Morgan fingerprint density at radius 3 is 2.45 bits per heavy atom. The zero-order chi connectivity index (χ0) is 13.9. The number of amides is 1. The largest absolute Gasteiger partial charge is 0.381 e. The molecule has 20 heavy (non-hydrogen) atoms. The van der Waals surface area contributed by atoms with Gasteiger partial charge in [-0.15, -0.1) is 0 Å². The summed E-state index contributed by atoms with van der Waals surface area (Å²) in [7, 11) is 0. The molecule has 0 aromatic heterocycles. The second-order valence-corrected chi connectivity index (χ2v) is 5.27. The SMILES string of the molecule is NC(=O)c1ccc(NCc2ccccc2C2CC2)cc1. The molecule has 3 heteroatoms. The van der Waals surface area contributed by atoms with Crippen molar-refractivity contribution >= 4 is 11.6 Å². The molecule has 1 aliphatic carbocycles. The van der Waals surface area contributed by atoms with E-state index in [1.54, 1.807) is 12.1 Å². The number of rotatable bonds is 5. The van der Waals surface area contributed by atoms with Gasteiger partial charge in [-0.05, 0) is 54.2 Å². The van der Waals surface area contributed by atoms with Crippen LogP contribution in [0, 0.1) is 0 Å². The first-order chi connectivity index (χ1) is 9.74. The van der Waals surface area contributed by atoms with Gasteiger partial charge < -0.3 is 11.1 Å². The molecule has 0 bridgehead atoms. The van der Waals surface area contributed by atoms with E-state index < -0.39 is 5.91 Å². The standard InChI is InChI=1S/C17H18N2O/c18-17(20)13-7-9-15(10-8-13)19-11-14-3-1-2-4-16(14)12-5-6-12/h1-4,7-10,12,19H,5-6,11H2,(H2,18,20). The number of nitrogens with two attached hydrogens (primary N) is 1. The monoisotopic (exact) mass is 266 g/mol. The summed E-state index contributed by atoms with van der Waals surface area (Å²) in [6, 6.07) is 15.9. The van der Waals surface area contributed by atoms with Gasteiger partial charge in [0.15, 0.2) is 0 Å². The first-order valence-electron chi connectivity index (χ1n) is 6.95. The third-order valence-corrected chi connectivity index (χ3v) is 3.72. The van der Waals surface area contributed by atoms with Crippen LogP contribution in [0.1, 0.15) is 40.2 Å². The number of benzene rings is 2. The van der Waals surface area contributed by atoms with Gasteiger partial charge in [0.05, 0.1) is 0 Å². The molecule has 1 fully saturated rings. The number of nitrogens with one attached hydrogen (secondary N) is 1. The smallest absolute Gasteiger partial charge is 0.248 e. The van der Waals surface area contributed by atoms with Crippen molar-refractivity contribution in [1.82, 2.24) is 0 Å². The Kier molecular flexibility index (Phi) is 3.42. The number of hydrogen-bond donors (Lipinski definition) is 2. The molecular formula is C17H18N2O. The van der Waals surface area contributed by atoms with Crippen LogP contribution in [0.3, 0.4) is 0 Å². The molecule has 102 valence electrons. The Morgan fingerprint density at radius 1 is 1.10 bits per heavy atom. The Labute approximate surface area is 118 Å². The van der Waals surface area contributed by atoms with Crippen molar-refractivity contribution in [3.63, 3.8) is 0 Å². The summed E-state index contributed by atoms with van der Waals surface area (Å²) < 4.78 is 0. The Balaban J connectivity index is 1.68. The van der Waals surface area contributed by atoms with Crippen LogP contribution in [0.2, 0.25) is 0 Å². The molecular weight excluding hydrogens is 248 g/mol. The first-order valence-corrected chi connectivity index (χ1v) is 6.95. The van der Waals surface area contributed by atoms with Crippen LogP contribution >= 0.6 is 0 Å². The molecule has 1 saturated carbocycles. The summed E-state index contributed by atoms with van der Waals surface area (Å²) >= 11 is 0. The highest BCUT2D eigenvalue weighted by Gasteiger charge is 2.25. The summed E-state index contributed by atoms with van der Waals surface area (Å²) in [5, 5.41) is 3.40. The van der Waals surface area contributed by atoms with Crippen molar-refractivity contribution in [3.8, 4) is 0 Å². The predicted molar refractivity (Wildman–Crippen MR) is 80.7 cm³/mol. The van der Waals surface area contributed by atoms with Gasteiger partial charge >= 0.3 is 0 Å². The van der Waals surface area contributed by atoms with Crippen molar-refractivity contribution in [2.45, 2.75) is 25.3 Å². The zero-order valence-electron chi connectivity index (χ0n) is 11.3. The van der Waals surface area contributed by atoms with E-state index in [4.69, 9.17) is 5.73 Å². The Morgan fingerprint density at radius 2 is 1.80 bits per heavy atom. The maximum atomic E-state index is 11.0. The summed E-state index contributed by atoms with van der Waals surface area (Å²) in [5.74, 6) is 0.362. The minimum absolute atomic E-state index is 0.393. The average molecular weight is 266 g/mol. The van der Waals surface area contributed by atoms with Gasteiger partial charge in [-0.1, -0.05) is 24.3 Å². The second-order valence-electron chi connectivity index (χ2n) is 5.27. The van der Waals surface area contributed by atoms with E-state index >= 15 is 0 Å². The molecule has 0 radical (unpaired) electrons. The molecule has 0 atom stereocenters. The lowest BCUT2D eigenvalue weighted by Crippen LogP contribution is -2.10. The van der Waals surface area contributed by atoms with Crippen molar-refractivity contribution in [2.24, 2.45) is 5.73 Å². The van der Waals surface area contributed by atoms with E-state index in [1.807, 2.05) is 12.1 Å². The topological polar surface area (TPSA) is 55.1 Å². The van der Waals surface area contributed by atoms with Crippen LogP contribution in [0.4, 0.5) is 5.69 Å². The predicted octanol–water partition coefficient (Wildman–Crippen LogP) is 3.28. The summed E-state index contributed by atoms with van der Waals surface area (Å²) in [6.45, 7) is 0.808. The van der Waals surface area contributed by atoms with Crippen LogP contribution in [0.15, 0.2) is 48.5 Å². The van der Waals surface area contributed by atoms with E-state index in [1.165, 1.54) is 24.0 Å². The number of primary amides is 1. The van der Waals surface area contributed by atoms with Gasteiger partial charge in [0, 0.05) is 17.8 Å². The van der Waals surface area contributed by atoms with E-state index in [0.717, 1.165) is 18.2 Å². The van der Waals surface area contributed by atoms with Crippen molar-refractivity contribution in [1.29, 1.82) is 0 Å². The van der Waals surface area contributed by atoms with Crippen LogP contribution in [-0.4, -0.2) is 5.91 Å². The molecule has 0 spiro atoms. The molecule has 1 amide bonds. The molecule has 0 saturated heterocycles. The van der Waals surface area contributed by atoms with Crippen LogP contribution in [-0.2, 0) is 6.54 Å². The third-order valence-electron chi connectivity index (χ3n) is 3.72. The molecule has 0 heterocycles. The lowest BCUT2D eigenvalue weighted by molar-refractivity contribution is 0.100. The fourth-order valence-electron chi connectivity index (χ4n) is 2.44. The van der Waals surface area contributed by atoms with Crippen LogP contribution in [0.25, 0.3) is 0 Å². The highest BCUT2D eigenvalue weighted by molar-refractivity contribution is 5.93. The first kappa shape index (κ1) is 12.7. The molecule has 3 rings (SSSR count). The van der Waals surface area contributed by atoms with E-state index in [-0.39, 0.29) is 0 Å². The van der Waals surface area contributed by atoms with Gasteiger partial charge in [-0.2, -0.15) is 0 Å². The molecule has 2 aromatic rings. The quantitative estimate of drug-likeness (QED) is 0.872. The number of anilines is 1. The summed E-state index contributed by atoms with van der Waals surface area (Å²) in [5.41, 5.74) is 9.59. The fraction of sp³-hybridized carbons (Fsp3) is 0.235. The van der Waals surface area contributed by atoms with Crippen molar-refractivity contribution in [3.05, 3.63) is 65.2 Å². The zero-order valence-corrected chi connectivity index (χ0v) is 11.3. The normalized spacial score (nSPS) is 14.0. The maximum Gasteiger partial charge on any atom is 0.248 e. The average Bonchev–Trinajstić information content (AvgIpc) is 3.30. The van der Waals surface area contributed by atoms with E-state index in [9.17, 15) is 4.79 Å². The van der Waals surface area contributed by atoms with E-state index in [0.29, 0.717) is 5.56 Å². The fourth-order valence-corrected chi connectivity index (χ4v) is 2.44. The highest BCUT2D eigenvalue weighted by Crippen LogP contribution is 2.41. The summed E-state index contributed by atoms with van der Waals surface area (Å²) in [6.07, 6.45) is 2.62. The Hall–Kier alpha value is -2.29. The number of hydrogen-bond acceptors (Lipinski definition) is 2. The second kappa shape index (κ2) is 5.37. The van der Waals surface area contributed by atoms with Gasteiger partial charge in [0.25, 0.3) is 0 Å². The highest BCUT2D eigenvalue weighted by atomic mass is 16.1. The minimum atomic E-state index is -0.393. The minimum Gasteiger partial charge on any atom is -0.381 e. The molecule has 3 nitrogen and oxygen atoms in total. The number of carbonyl (C=O) groups is 1. The van der Waals surface area contributed by atoms with Crippen molar-refractivity contribution in [2.75, 3.05) is 5.32 Å². The van der Waals surface area contributed by atoms with Crippen molar-refractivity contribution < 1.29 is 4.79 Å². The molecule has 3 N–H and O–H groups in total. The van der Waals surface area contributed by atoms with Crippen LogP contribution in [0.5, 0.6) is 0 Å². The van der Waals surface area contributed by atoms with Gasteiger partial charge in [0.2, 0.25) is 5.91 Å². The van der Waals surface area contributed by atoms with E-state index in [2.05, 4.69) is 29.6 Å². The van der Waals surface area contributed by atoms with Crippen LogP contribution < -0.4 is 11.1 Å². The molecule has 2 aromatic carbocycles. The third kappa shape index (κ3) is 2.82.